The third-order valence-corrected chi connectivity index (χ3v) is 3.45. The molecule has 1 aliphatic rings. The van der Waals surface area contributed by atoms with Gasteiger partial charge in [0.05, 0.1) is 5.69 Å². The average molecular weight is 251 g/mol. The van der Waals surface area contributed by atoms with Crippen LogP contribution in [0.5, 0.6) is 0 Å². The van der Waals surface area contributed by atoms with Crippen LogP contribution in [0.2, 0.25) is 0 Å². The second kappa shape index (κ2) is 6.00. The van der Waals surface area contributed by atoms with Crippen molar-refractivity contribution in [1.82, 2.24) is 15.8 Å². The van der Waals surface area contributed by atoms with Crippen LogP contribution < -0.4 is 10.6 Å². The predicted octanol–water partition coefficient (Wildman–Crippen LogP) is 1.09. The molecular weight excluding hydrogens is 230 g/mol. The van der Waals surface area contributed by atoms with Crippen molar-refractivity contribution in [2.75, 3.05) is 13.1 Å². The lowest BCUT2D eigenvalue weighted by Gasteiger charge is -2.23. The monoisotopic (exact) mass is 251 g/mol. The molecule has 100 valence electrons. The molecule has 2 heterocycles. The summed E-state index contributed by atoms with van der Waals surface area (Å²) >= 11 is 0. The lowest BCUT2D eigenvalue weighted by Crippen LogP contribution is -2.45. The molecule has 1 amide bonds. The zero-order valence-corrected chi connectivity index (χ0v) is 11.1. The van der Waals surface area contributed by atoms with Gasteiger partial charge in [-0.25, -0.2) is 0 Å². The minimum absolute atomic E-state index is 0.115. The first-order chi connectivity index (χ1) is 8.66. The van der Waals surface area contributed by atoms with Gasteiger partial charge >= 0.3 is 0 Å². The number of carbonyl (C=O) groups excluding carboxylic acids is 1. The van der Waals surface area contributed by atoms with Crippen LogP contribution in [0.15, 0.2) is 4.52 Å². The molecule has 2 N–H and O–H groups in total. The number of nitrogens with zero attached hydrogens (tertiary/aromatic N) is 1. The quantitative estimate of drug-likeness (QED) is 0.840. The van der Waals surface area contributed by atoms with Crippen LogP contribution in [0.4, 0.5) is 0 Å². The Balaban J connectivity index is 1.77. The van der Waals surface area contributed by atoms with E-state index < -0.39 is 0 Å². The minimum Gasteiger partial charge on any atom is -0.361 e. The van der Waals surface area contributed by atoms with Crippen molar-refractivity contribution in [2.24, 2.45) is 0 Å². The summed E-state index contributed by atoms with van der Waals surface area (Å²) in [6.45, 7) is 5.75. The Morgan fingerprint density at radius 3 is 3.00 bits per heavy atom. The molecule has 1 fully saturated rings. The van der Waals surface area contributed by atoms with Crippen molar-refractivity contribution in [2.45, 2.75) is 45.6 Å². The van der Waals surface area contributed by atoms with E-state index in [-0.39, 0.29) is 11.9 Å². The first-order valence-corrected chi connectivity index (χ1v) is 6.58. The molecule has 1 aromatic heterocycles. The molecule has 1 aromatic rings. The maximum atomic E-state index is 11.8. The van der Waals surface area contributed by atoms with Gasteiger partial charge in [0.15, 0.2) is 0 Å². The van der Waals surface area contributed by atoms with Gasteiger partial charge in [-0.1, -0.05) is 5.16 Å². The van der Waals surface area contributed by atoms with E-state index in [4.69, 9.17) is 4.52 Å². The summed E-state index contributed by atoms with van der Waals surface area (Å²) in [4.78, 5) is 11.8. The Labute approximate surface area is 107 Å². The molecular formula is C13H21N3O2. The summed E-state index contributed by atoms with van der Waals surface area (Å²) < 4.78 is 5.09. The fourth-order valence-electron chi connectivity index (χ4n) is 2.37. The molecule has 18 heavy (non-hydrogen) atoms. The first-order valence-electron chi connectivity index (χ1n) is 6.58. The molecule has 1 unspecified atom stereocenters. The second-order valence-corrected chi connectivity index (χ2v) is 4.91. The average Bonchev–Trinajstić information content (AvgIpc) is 2.68. The molecule has 0 aromatic carbocycles. The van der Waals surface area contributed by atoms with E-state index in [1.165, 1.54) is 0 Å². The first kappa shape index (κ1) is 13.1. The van der Waals surface area contributed by atoms with Crippen molar-refractivity contribution >= 4 is 5.91 Å². The molecule has 5 nitrogen and oxygen atoms in total. The van der Waals surface area contributed by atoms with Crippen molar-refractivity contribution in [1.29, 1.82) is 0 Å². The largest absolute Gasteiger partial charge is 0.361 e. The van der Waals surface area contributed by atoms with Gasteiger partial charge in [0, 0.05) is 24.6 Å². The van der Waals surface area contributed by atoms with Gasteiger partial charge in [-0.05, 0) is 39.7 Å². The molecule has 1 saturated heterocycles. The number of amides is 1. The number of piperidine rings is 1. The van der Waals surface area contributed by atoms with E-state index in [2.05, 4.69) is 15.8 Å². The van der Waals surface area contributed by atoms with Crippen LogP contribution in [0.1, 0.15) is 36.3 Å². The van der Waals surface area contributed by atoms with E-state index in [9.17, 15) is 4.79 Å². The number of rotatable bonds is 4. The number of carbonyl (C=O) groups is 1. The van der Waals surface area contributed by atoms with E-state index >= 15 is 0 Å². The van der Waals surface area contributed by atoms with Gasteiger partial charge in [0.25, 0.3) is 0 Å². The van der Waals surface area contributed by atoms with Gasteiger partial charge in [-0.15, -0.1) is 0 Å². The summed E-state index contributed by atoms with van der Waals surface area (Å²) in [7, 11) is 0. The highest BCUT2D eigenvalue weighted by Gasteiger charge is 2.16. The van der Waals surface area contributed by atoms with Crippen LogP contribution in [-0.2, 0) is 11.2 Å². The normalized spacial score (nSPS) is 19.8. The Bertz CT molecular complexity index is 389. The number of aromatic nitrogens is 1. The highest BCUT2D eigenvalue weighted by atomic mass is 16.5. The van der Waals surface area contributed by atoms with Gasteiger partial charge in [-0.2, -0.15) is 0 Å². The Morgan fingerprint density at radius 1 is 1.56 bits per heavy atom. The number of hydrogen-bond donors (Lipinski definition) is 2. The van der Waals surface area contributed by atoms with E-state index in [1.807, 2.05) is 13.8 Å². The maximum absolute atomic E-state index is 11.8. The Morgan fingerprint density at radius 2 is 2.39 bits per heavy atom. The smallest absolute Gasteiger partial charge is 0.220 e. The fourth-order valence-corrected chi connectivity index (χ4v) is 2.37. The molecule has 1 aliphatic heterocycles. The maximum Gasteiger partial charge on any atom is 0.220 e. The molecule has 0 saturated carbocycles. The third kappa shape index (κ3) is 3.32. The van der Waals surface area contributed by atoms with Crippen LogP contribution in [0.3, 0.4) is 0 Å². The van der Waals surface area contributed by atoms with E-state index in [1.54, 1.807) is 0 Å². The van der Waals surface area contributed by atoms with E-state index in [0.717, 1.165) is 42.9 Å². The Hall–Kier alpha value is -1.36. The Kier molecular flexibility index (Phi) is 4.36. The van der Waals surface area contributed by atoms with Crippen molar-refractivity contribution < 1.29 is 9.32 Å². The molecule has 0 bridgehead atoms. The van der Waals surface area contributed by atoms with E-state index in [0.29, 0.717) is 12.8 Å². The van der Waals surface area contributed by atoms with Crippen molar-refractivity contribution in [3.05, 3.63) is 17.0 Å². The standard InChI is InChI=1S/C13H21N3O2/c1-9-12(10(2)18-16-9)5-6-13(17)15-11-4-3-7-14-8-11/h11,14H,3-8H2,1-2H3,(H,15,17). The summed E-state index contributed by atoms with van der Waals surface area (Å²) in [6.07, 6.45) is 3.41. The summed E-state index contributed by atoms with van der Waals surface area (Å²) in [5.74, 6) is 0.934. The van der Waals surface area contributed by atoms with Crippen LogP contribution in [0, 0.1) is 13.8 Å². The van der Waals surface area contributed by atoms with Gasteiger partial charge in [0.2, 0.25) is 5.91 Å². The summed E-state index contributed by atoms with van der Waals surface area (Å²) in [5, 5.41) is 10.2. The number of nitrogens with one attached hydrogen (secondary N) is 2. The van der Waals surface area contributed by atoms with Gasteiger partial charge in [0.1, 0.15) is 5.76 Å². The SMILES string of the molecule is Cc1noc(C)c1CCC(=O)NC1CCCNC1. The highest BCUT2D eigenvalue weighted by Crippen LogP contribution is 2.14. The number of aryl methyl sites for hydroxylation is 2. The molecule has 5 heteroatoms. The molecule has 1 atom stereocenters. The summed E-state index contributed by atoms with van der Waals surface area (Å²) in [6, 6.07) is 0.288. The molecule has 0 aliphatic carbocycles. The molecule has 0 radical (unpaired) electrons. The van der Waals surface area contributed by atoms with Gasteiger partial charge < -0.3 is 15.2 Å². The zero-order chi connectivity index (χ0) is 13.0. The van der Waals surface area contributed by atoms with Crippen LogP contribution in [-0.4, -0.2) is 30.2 Å². The minimum atomic E-state index is 0.115. The molecule has 2 rings (SSSR count). The fraction of sp³-hybridized carbons (Fsp3) is 0.692. The van der Waals surface area contributed by atoms with Crippen LogP contribution >= 0.6 is 0 Å². The van der Waals surface area contributed by atoms with Gasteiger partial charge in [-0.3, -0.25) is 4.79 Å². The second-order valence-electron chi connectivity index (χ2n) is 4.91. The highest BCUT2D eigenvalue weighted by molar-refractivity contribution is 5.76. The summed E-state index contributed by atoms with van der Waals surface area (Å²) in [5.41, 5.74) is 1.95. The zero-order valence-electron chi connectivity index (χ0n) is 11.1. The van der Waals surface area contributed by atoms with Crippen molar-refractivity contribution in [3.63, 3.8) is 0 Å². The predicted molar refractivity (Wildman–Crippen MR) is 68.3 cm³/mol. The molecule has 0 spiro atoms. The van der Waals surface area contributed by atoms with Crippen molar-refractivity contribution in [3.8, 4) is 0 Å². The van der Waals surface area contributed by atoms with Crippen LogP contribution in [0.25, 0.3) is 0 Å². The lowest BCUT2D eigenvalue weighted by atomic mass is 10.1. The topological polar surface area (TPSA) is 67.2 Å². The number of hydrogen-bond acceptors (Lipinski definition) is 4. The third-order valence-electron chi connectivity index (χ3n) is 3.45. The lowest BCUT2D eigenvalue weighted by molar-refractivity contribution is -0.121.